The molecule has 0 saturated carbocycles. The van der Waals surface area contributed by atoms with Crippen LogP contribution >= 0.6 is 11.3 Å². The van der Waals surface area contributed by atoms with E-state index in [0.717, 1.165) is 6.42 Å². The zero-order valence-corrected chi connectivity index (χ0v) is 15.9. The van der Waals surface area contributed by atoms with Gasteiger partial charge in [0.2, 0.25) is 0 Å². The molecule has 0 aliphatic carbocycles. The van der Waals surface area contributed by atoms with Crippen LogP contribution in [0.25, 0.3) is 11.4 Å². The molecule has 0 aromatic carbocycles. The number of allylic oxidation sites excluding steroid dienone is 2. The molecule has 2 aromatic heterocycles. The van der Waals surface area contributed by atoms with E-state index in [4.69, 9.17) is 4.74 Å². The first kappa shape index (κ1) is 19.5. The topological polar surface area (TPSA) is 76.5 Å². The van der Waals surface area contributed by atoms with Crippen molar-refractivity contribution in [2.24, 2.45) is 4.99 Å². The van der Waals surface area contributed by atoms with E-state index < -0.39 is 5.97 Å². The Labute approximate surface area is 157 Å². The fourth-order valence-electron chi connectivity index (χ4n) is 1.88. The molecule has 2 rings (SSSR count). The van der Waals surface area contributed by atoms with Crippen molar-refractivity contribution in [3.05, 3.63) is 53.8 Å². The van der Waals surface area contributed by atoms with Crippen LogP contribution in [-0.2, 0) is 4.74 Å². The van der Waals surface area contributed by atoms with Crippen molar-refractivity contribution in [3.8, 4) is 11.4 Å². The molecule has 2 aromatic rings. The number of hydrogen-bond acceptors (Lipinski definition) is 7. The zero-order chi connectivity index (χ0) is 18.9. The minimum atomic E-state index is -0.409. The molecule has 0 aliphatic heterocycles. The van der Waals surface area contributed by atoms with Crippen LogP contribution in [0.15, 0.2) is 53.9 Å². The fraction of sp³-hybridized carbons (Fsp3) is 0.263. The number of rotatable bonds is 8. The van der Waals surface area contributed by atoms with Crippen LogP contribution in [-0.4, -0.2) is 28.3 Å². The normalized spacial score (nSPS) is 12.4. The second-order valence-corrected chi connectivity index (χ2v) is 6.41. The highest BCUT2D eigenvalue weighted by Gasteiger charge is 2.23. The number of aromatic nitrogens is 2. The lowest BCUT2D eigenvalue weighted by atomic mass is 10.2. The minimum absolute atomic E-state index is 0.169. The van der Waals surface area contributed by atoms with E-state index >= 15 is 0 Å². The molecule has 1 atom stereocenters. The number of anilines is 1. The summed E-state index contributed by atoms with van der Waals surface area (Å²) < 4.78 is 5.46. The van der Waals surface area contributed by atoms with Crippen molar-refractivity contribution in [1.82, 2.24) is 9.97 Å². The Morgan fingerprint density at radius 1 is 1.50 bits per heavy atom. The number of thiazole rings is 1. The minimum Gasteiger partial charge on any atom is -0.458 e. The first-order valence-electron chi connectivity index (χ1n) is 8.29. The summed E-state index contributed by atoms with van der Waals surface area (Å²) >= 11 is 1.19. The van der Waals surface area contributed by atoms with Crippen LogP contribution in [0.1, 0.15) is 36.9 Å². The van der Waals surface area contributed by atoms with Crippen LogP contribution in [0.3, 0.4) is 0 Å². The van der Waals surface area contributed by atoms with Gasteiger partial charge in [0.15, 0.2) is 5.13 Å². The van der Waals surface area contributed by atoms with E-state index in [9.17, 15) is 4.79 Å². The fourth-order valence-corrected chi connectivity index (χ4v) is 2.76. The van der Waals surface area contributed by atoms with Crippen molar-refractivity contribution in [3.63, 3.8) is 0 Å². The number of carbonyl (C=O) groups excluding carboxylic acids is 1. The molecular weight excluding hydrogens is 348 g/mol. The van der Waals surface area contributed by atoms with Gasteiger partial charge in [-0.1, -0.05) is 37.0 Å². The van der Waals surface area contributed by atoms with Crippen LogP contribution in [0.2, 0.25) is 0 Å². The molecule has 136 valence electrons. The maximum Gasteiger partial charge on any atom is 0.351 e. The van der Waals surface area contributed by atoms with Crippen molar-refractivity contribution >= 4 is 28.7 Å². The molecule has 7 heteroatoms. The van der Waals surface area contributed by atoms with E-state index in [1.807, 2.05) is 39.0 Å². The third kappa shape index (κ3) is 5.35. The Kier molecular flexibility index (Phi) is 7.23. The van der Waals surface area contributed by atoms with Gasteiger partial charge < -0.3 is 10.1 Å². The smallest absolute Gasteiger partial charge is 0.351 e. The summed E-state index contributed by atoms with van der Waals surface area (Å²) in [6.45, 7) is 9.55. The van der Waals surface area contributed by atoms with Gasteiger partial charge in [0.05, 0.1) is 11.8 Å². The molecule has 6 nitrogen and oxygen atoms in total. The summed E-state index contributed by atoms with van der Waals surface area (Å²) in [5.41, 5.74) is 1.09. The Hall–Kier alpha value is -2.80. The molecule has 0 bridgehead atoms. The van der Waals surface area contributed by atoms with Crippen molar-refractivity contribution < 1.29 is 9.53 Å². The maximum absolute atomic E-state index is 12.5. The summed E-state index contributed by atoms with van der Waals surface area (Å²) in [5, 5.41) is 3.50. The van der Waals surface area contributed by atoms with Gasteiger partial charge in [0, 0.05) is 12.4 Å². The standard InChI is InChI=1S/C19H22N4O2S/c1-5-7-11-20-14(4)22-19-23-16(15-10-8-9-12-21-15)17(26-19)18(24)25-13(3)6-2/h5,7-13H,4,6H2,1-3H3,(H,22,23)/b7-5-,20-11?. The molecule has 26 heavy (non-hydrogen) atoms. The lowest BCUT2D eigenvalue weighted by Gasteiger charge is -2.10. The number of nitrogens with one attached hydrogen (secondary N) is 1. The number of esters is 1. The van der Waals surface area contributed by atoms with E-state index in [2.05, 4.69) is 26.9 Å². The van der Waals surface area contributed by atoms with Gasteiger partial charge in [-0.3, -0.25) is 4.98 Å². The van der Waals surface area contributed by atoms with Crippen LogP contribution in [0.5, 0.6) is 0 Å². The Balaban J connectivity index is 2.31. The number of aliphatic imine (C=N–C) groups is 1. The number of pyridine rings is 1. The molecule has 0 saturated heterocycles. The van der Waals surface area contributed by atoms with Crippen LogP contribution in [0.4, 0.5) is 5.13 Å². The molecule has 0 amide bonds. The summed E-state index contributed by atoms with van der Waals surface area (Å²) in [7, 11) is 0. The molecule has 1 N–H and O–H groups in total. The van der Waals surface area contributed by atoms with Crippen LogP contribution in [0, 0.1) is 0 Å². The van der Waals surface area contributed by atoms with Gasteiger partial charge in [-0.05, 0) is 38.5 Å². The van der Waals surface area contributed by atoms with E-state index in [0.29, 0.717) is 27.2 Å². The Morgan fingerprint density at radius 3 is 2.96 bits per heavy atom. The highest BCUT2D eigenvalue weighted by atomic mass is 32.1. The number of hydrogen-bond donors (Lipinski definition) is 1. The van der Waals surface area contributed by atoms with Gasteiger partial charge in [-0.25, -0.2) is 14.8 Å². The second kappa shape index (κ2) is 9.62. The van der Waals surface area contributed by atoms with E-state index in [1.54, 1.807) is 24.6 Å². The highest BCUT2D eigenvalue weighted by Crippen LogP contribution is 2.31. The van der Waals surface area contributed by atoms with Gasteiger partial charge in [0.1, 0.15) is 16.4 Å². The molecule has 0 aliphatic rings. The van der Waals surface area contributed by atoms with Crippen LogP contribution < -0.4 is 5.32 Å². The SMILES string of the molecule is C=C(N=C/C=C\C)Nc1nc(-c2ccccn2)c(C(=O)OC(C)CC)s1. The van der Waals surface area contributed by atoms with Gasteiger partial charge in [-0.2, -0.15) is 0 Å². The number of carbonyl (C=O) groups is 1. The third-order valence-corrected chi connectivity index (χ3v) is 4.31. The predicted molar refractivity (Wildman–Crippen MR) is 107 cm³/mol. The molecule has 0 radical (unpaired) electrons. The molecule has 0 spiro atoms. The van der Waals surface area contributed by atoms with Crippen molar-refractivity contribution in [1.29, 1.82) is 0 Å². The molecule has 1 unspecified atom stereocenters. The first-order valence-corrected chi connectivity index (χ1v) is 9.11. The third-order valence-electron chi connectivity index (χ3n) is 3.36. The predicted octanol–water partition coefficient (Wildman–Crippen LogP) is 4.69. The molecular formula is C19H22N4O2S. The van der Waals surface area contributed by atoms with Crippen molar-refractivity contribution in [2.75, 3.05) is 5.32 Å². The first-order chi connectivity index (χ1) is 12.5. The summed E-state index contributed by atoms with van der Waals surface area (Å²) in [6.07, 6.45) is 7.51. The van der Waals surface area contributed by atoms with Gasteiger partial charge in [-0.15, -0.1) is 0 Å². The second-order valence-electron chi connectivity index (χ2n) is 5.41. The Bertz CT molecular complexity index is 812. The number of nitrogens with zero attached hydrogens (tertiary/aromatic N) is 3. The molecule has 2 heterocycles. The summed E-state index contributed by atoms with van der Waals surface area (Å²) in [4.78, 5) is 25.9. The maximum atomic E-state index is 12.5. The molecule has 0 fully saturated rings. The summed E-state index contributed by atoms with van der Waals surface area (Å²) in [6, 6.07) is 5.46. The van der Waals surface area contributed by atoms with Gasteiger partial charge >= 0.3 is 5.97 Å². The largest absolute Gasteiger partial charge is 0.458 e. The van der Waals surface area contributed by atoms with Gasteiger partial charge in [0.25, 0.3) is 0 Å². The number of ether oxygens (including phenoxy) is 1. The zero-order valence-electron chi connectivity index (χ0n) is 15.1. The summed E-state index contributed by atoms with van der Waals surface area (Å²) in [5.74, 6) is 0.0137. The quantitative estimate of drug-likeness (QED) is 0.539. The lowest BCUT2D eigenvalue weighted by molar-refractivity contribution is 0.0341. The average Bonchev–Trinajstić information content (AvgIpc) is 3.06. The Morgan fingerprint density at radius 2 is 2.31 bits per heavy atom. The van der Waals surface area contributed by atoms with E-state index in [-0.39, 0.29) is 6.10 Å². The van der Waals surface area contributed by atoms with Crippen molar-refractivity contribution in [2.45, 2.75) is 33.3 Å². The van der Waals surface area contributed by atoms with E-state index in [1.165, 1.54) is 11.3 Å². The average molecular weight is 370 g/mol. The monoisotopic (exact) mass is 370 g/mol. The highest BCUT2D eigenvalue weighted by molar-refractivity contribution is 7.17. The lowest BCUT2D eigenvalue weighted by Crippen LogP contribution is -2.13.